The smallest absolute Gasteiger partial charge is 0.236 e. The Morgan fingerprint density at radius 2 is 2.50 bits per heavy atom. The van der Waals surface area contributed by atoms with Crippen LogP contribution in [0.3, 0.4) is 0 Å². The SMILES string of the molecule is CN1N=CC2C(=O)NC(Cl)=CC21. The summed E-state index contributed by atoms with van der Waals surface area (Å²) in [6, 6.07) is -0.00810. The van der Waals surface area contributed by atoms with Gasteiger partial charge in [-0.05, 0) is 6.08 Å². The minimum atomic E-state index is -0.183. The van der Waals surface area contributed by atoms with Gasteiger partial charge >= 0.3 is 0 Å². The average molecular weight is 186 g/mol. The van der Waals surface area contributed by atoms with Gasteiger partial charge in [-0.25, -0.2) is 0 Å². The number of carbonyl (C=O) groups excluding carboxylic acids is 1. The number of rotatable bonds is 0. The van der Waals surface area contributed by atoms with Crippen molar-refractivity contribution in [1.29, 1.82) is 0 Å². The molecule has 0 saturated carbocycles. The second-order valence-electron chi connectivity index (χ2n) is 2.86. The van der Waals surface area contributed by atoms with Crippen molar-refractivity contribution in [3.8, 4) is 0 Å². The third kappa shape index (κ3) is 0.992. The average Bonchev–Trinajstić information content (AvgIpc) is 2.33. The van der Waals surface area contributed by atoms with E-state index in [2.05, 4.69) is 10.4 Å². The Kier molecular flexibility index (Phi) is 1.58. The van der Waals surface area contributed by atoms with Gasteiger partial charge in [0.25, 0.3) is 0 Å². The van der Waals surface area contributed by atoms with Crippen LogP contribution in [0.25, 0.3) is 0 Å². The molecule has 5 heteroatoms. The molecule has 0 aromatic carbocycles. The lowest BCUT2D eigenvalue weighted by atomic mass is 9.99. The largest absolute Gasteiger partial charge is 0.316 e. The molecule has 12 heavy (non-hydrogen) atoms. The molecule has 2 aliphatic heterocycles. The molecule has 1 N–H and O–H groups in total. The van der Waals surface area contributed by atoms with E-state index in [0.717, 1.165) is 0 Å². The number of carbonyl (C=O) groups is 1. The third-order valence-electron chi connectivity index (χ3n) is 2.07. The normalized spacial score (nSPS) is 33.0. The molecule has 0 fully saturated rings. The van der Waals surface area contributed by atoms with Gasteiger partial charge in [0.05, 0.1) is 6.04 Å². The Hall–Kier alpha value is -1.03. The fourth-order valence-corrected chi connectivity index (χ4v) is 1.62. The molecule has 0 radical (unpaired) electrons. The van der Waals surface area contributed by atoms with E-state index in [4.69, 9.17) is 11.6 Å². The van der Waals surface area contributed by atoms with E-state index >= 15 is 0 Å². The van der Waals surface area contributed by atoms with Crippen molar-refractivity contribution in [2.24, 2.45) is 11.0 Å². The number of halogens is 1. The highest BCUT2D eigenvalue weighted by Crippen LogP contribution is 2.22. The van der Waals surface area contributed by atoms with Crippen LogP contribution in [0.1, 0.15) is 0 Å². The maximum atomic E-state index is 11.3. The number of hydrogen-bond donors (Lipinski definition) is 1. The predicted octanol–water partition coefficient (Wildman–Crippen LogP) is 0.112. The summed E-state index contributed by atoms with van der Waals surface area (Å²) in [5.74, 6) is -0.266. The number of hydrogen-bond acceptors (Lipinski definition) is 3. The van der Waals surface area contributed by atoms with Gasteiger partial charge in [-0.2, -0.15) is 5.10 Å². The summed E-state index contributed by atoms with van der Waals surface area (Å²) < 4.78 is 0. The summed E-state index contributed by atoms with van der Waals surface area (Å²) in [5, 5.41) is 8.67. The van der Waals surface area contributed by atoms with Crippen molar-refractivity contribution in [2.75, 3.05) is 7.05 Å². The van der Waals surface area contributed by atoms with Gasteiger partial charge in [-0.3, -0.25) is 9.80 Å². The number of hydrazone groups is 1. The quantitative estimate of drug-likeness (QED) is 0.545. The zero-order chi connectivity index (χ0) is 8.72. The van der Waals surface area contributed by atoms with Crippen LogP contribution >= 0.6 is 11.6 Å². The van der Waals surface area contributed by atoms with Gasteiger partial charge in [0.2, 0.25) is 5.91 Å². The highest BCUT2D eigenvalue weighted by atomic mass is 35.5. The lowest BCUT2D eigenvalue weighted by Gasteiger charge is -2.24. The van der Waals surface area contributed by atoms with E-state index in [9.17, 15) is 4.79 Å². The minimum absolute atomic E-state index is 0.00810. The minimum Gasteiger partial charge on any atom is -0.316 e. The lowest BCUT2D eigenvalue weighted by molar-refractivity contribution is -0.123. The number of fused-ring (bicyclic) bond motifs is 1. The first-order valence-corrected chi connectivity index (χ1v) is 4.01. The van der Waals surface area contributed by atoms with Crippen LogP contribution in [0, 0.1) is 5.92 Å². The molecule has 0 saturated heterocycles. The van der Waals surface area contributed by atoms with E-state index < -0.39 is 0 Å². The molecule has 2 atom stereocenters. The molecule has 2 rings (SSSR count). The molecule has 2 unspecified atom stereocenters. The molecule has 0 spiro atoms. The first-order valence-electron chi connectivity index (χ1n) is 3.63. The molecular weight excluding hydrogens is 178 g/mol. The van der Waals surface area contributed by atoms with Crippen molar-refractivity contribution >= 4 is 23.7 Å². The van der Waals surface area contributed by atoms with Crippen LogP contribution < -0.4 is 5.32 Å². The fourth-order valence-electron chi connectivity index (χ4n) is 1.40. The van der Waals surface area contributed by atoms with E-state index in [-0.39, 0.29) is 17.9 Å². The Morgan fingerprint density at radius 1 is 1.75 bits per heavy atom. The Bertz CT molecular complexity index is 286. The second kappa shape index (κ2) is 2.48. The first-order chi connectivity index (χ1) is 5.68. The van der Waals surface area contributed by atoms with Crippen LogP contribution in [-0.4, -0.2) is 30.2 Å². The van der Waals surface area contributed by atoms with Crippen molar-refractivity contribution in [3.05, 3.63) is 11.2 Å². The first kappa shape index (κ1) is 7.61. The van der Waals surface area contributed by atoms with Gasteiger partial charge < -0.3 is 5.32 Å². The van der Waals surface area contributed by atoms with E-state index in [1.54, 1.807) is 17.3 Å². The number of likely N-dealkylation sites (N-methyl/N-ethyl adjacent to an activating group) is 1. The summed E-state index contributed by atoms with van der Waals surface area (Å²) in [7, 11) is 1.82. The van der Waals surface area contributed by atoms with E-state index in [1.807, 2.05) is 7.05 Å². The number of nitrogens with zero attached hydrogens (tertiary/aromatic N) is 2. The zero-order valence-corrected chi connectivity index (χ0v) is 7.25. The highest BCUT2D eigenvalue weighted by molar-refractivity contribution is 6.31. The fraction of sp³-hybridized carbons (Fsp3) is 0.429. The lowest BCUT2D eigenvalue weighted by Crippen LogP contribution is -2.43. The molecule has 1 amide bonds. The van der Waals surface area contributed by atoms with Gasteiger partial charge in [0.15, 0.2) is 0 Å². The van der Waals surface area contributed by atoms with Gasteiger partial charge in [0.1, 0.15) is 11.1 Å². The summed E-state index contributed by atoms with van der Waals surface area (Å²) in [5.41, 5.74) is 0. The topological polar surface area (TPSA) is 44.7 Å². The van der Waals surface area contributed by atoms with Crippen LogP contribution in [0.2, 0.25) is 0 Å². The molecule has 2 heterocycles. The summed E-state index contributed by atoms with van der Waals surface area (Å²) in [6.45, 7) is 0. The van der Waals surface area contributed by atoms with E-state index in [0.29, 0.717) is 5.16 Å². The molecule has 64 valence electrons. The standard InChI is InChI=1S/C7H8ClN3O/c1-11-5-2-6(8)10-7(12)4(5)3-9-11/h2-5H,1H3,(H,10,12). The van der Waals surface area contributed by atoms with Crippen LogP contribution in [0.15, 0.2) is 16.3 Å². The van der Waals surface area contributed by atoms with Crippen LogP contribution in [0.5, 0.6) is 0 Å². The van der Waals surface area contributed by atoms with Crippen LogP contribution in [-0.2, 0) is 4.79 Å². The Labute approximate surface area is 74.9 Å². The number of amides is 1. The van der Waals surface area contributed by atoms with Crippen molar-refractivity contribution in [1.82, 2.24) is 10.3 Å². The molecule has 0 aromatic heterocycles. The summed E-state index contributed by atoms with van der Waals surface area (Å²) >= 11 is 5.69. The van der Waals surface area contributed by atoms with Gasteiger partial charge in [-0.1, -0.05) is 11.6 Å². The predicted molar refractivity (Wildman–Crippen MR) is 45.6 cm³/mol. The monoisotopic (exact) mass is 185 g/mol. The number of nitrogens with one attached hydrogen (secondary N) is 1. The summed E-state index contributed by atoms with van der Waals surface area (Å²) in [4.78, 5) is 11.3. The Morgan fingerprint density at radius 3 is 3.25 bits per heavy atom. The highest BCUT2D eigenvalue weighted by Gasteiger charge is 2.36. The van der Waals surface area contributed by atoms with Crippen molar-refractivity contribution < 1.29 is 4.79 Å². The molecule has 0 aliphatic carbocycles. The van der Waals surface area contributed by atoms with E-state index in [1.165, 1.54) is 0 Å². The summed E-state index contributed by atoms with van der Waals surface area (Å²) in [6.07, 6.45) is 3.43. The maximum absolute atomic E-state index is 11.3. The molecule has 4 nitrogen and oxygen atoms in total. The molecule has 2 aliphatic rings. The van der Waals surface area contributed by atoms with Crippen LogP contribution in [0.4, 0.5) is 0 Å². The third-order valence-corrected chi connectivity index (χ3v) is 2.29. The second-order valence-corrected chi connectivity index (χ2v) is 3.27. The zero-order valence-electron chi connectivity index (χ0n) is 6.49. The van der Waals surface area contributed by atoms with Gasteiger partial charge in [-0.15, -0.1) is 0 Å². The van der Waals surface area contributed by atoms with Crippen molar-refractivity contribution in [2.45, 2.75) is 6.04 Å². The maximum Gasteiger partial charge on any atom is 0.236 e. The molecular formula is C7H8ClN3O. The van der Waals surface area contributed by atoms with Crippen molar-refractivity contribution in [3.63, 3.8) is 0 Å². The Balaban J connectivity index is 2.32. The molecule has 0 bridgehead atoms. The molecule has 0 aromatic rings. The van der Waals surface area contributed by atoms with Gasteiger partial charge in [0, 0.05) is 13.3 Å².